The molecule has 3 nitrogen and oxygen atoms in total. The van der Waals surface area contributed by atoms with Crippen LogP contribution in [0.15, 0.2) is 33.5 Å². The Kier molecular flexibility index (Phi) is 5.31. The molecule has 1 rings (SSSR count). The van der Waals surface area contributed by atoms with Crippen LogP contribution in [0.2, 0.25) is 0 Å². The van der Waals surface area contributed by atoms with E-state index in [-0.39, 0.29) is 12.4 Å². The maximum Gasteiger partial charge on any atom is 0.311 e. The minimum Gasteiger partial charge on any atom is -0.466 e. The molecule has 0 aliphatic carbocycles. The van der Waals surface area contributed by atoms with Gasteiger partial charge in [0.1, 0.15) is 0 Å². The van der Waals surface area contributed by atoms with Gasteiger partial charge in [-0.15, -0.1) is 0 Å². The van der Waals surface area contributed by atoms with Crippen LogP contribution >= 0.6 is 22.9 Å². The van der Waals surface area contributed by atoms with Crippen molar-refractivity contribution in [3.8, 4) is 0 Å². The topological polar surface area (TPSA) is 38.7 Å². The summed E-state index contributed by atoms with van der Waals surface area (Å²) in [6.45, 7) is 2.20. The summed E-state index contributed by atoms with van der Waals surface area (Å²) in [7, 11) is 0. The number of carbonyl (C=O) groups is 1. The molecular weight excluding hydrogens is 305 g/mol. The number of esters is 1. The van der Waals surface area contributed by atoms with E-state index >= 15 is 0 Å². The average molecular weight is 317 g/mol. The van der Waals surface area contributed by atoms with Crippen LogP contribution < -0.4 is 0 Å². The minimum atomic E-state index is -0.239. The van der Waals surface area contributed by atoms with Gasteiger partial charge in [0.25, 0.3) is 0 Å². The Bertz CT molecular complexity index is 349. The summed E-state index contributed by atoms with van der Waals surface area (Å²) in [5.74, 6) is -0.239. The largest absolute Gasteiger partial charge is 0.466 e. The first-order valence-corrected chi connectivity index (χ1v) is 5.63. The zero-order chi connectivity index (χ0) is 11.1. The molecule has 1 aromatic carbocycles. The Morgan fingerprint density at radius 3 is 2.60 bits per heavy atom. The van der Waals surface area contributed by atoms with E-state index in [9.17, 15) is 4.79 Å². The molecule has 0 N–H and O–H groups in total. The van der Waals surface area contributed by atoms with Crippen LogP contribution in [0.25, 0.3) is 0 Å². The Labute approximate surface area is 103 Å². The van der Waals surface area contributed by atoms with E-state index in [0.717, 1.165) is 11.3 Å². The SMILES string of the molecule is CCOC(=O)CC(=NI)c1ccccc1. The Morgan fingerprint density at radius 2 is 2.07 bits per heavy atom. The van der Waals surface area contributed by atoms with Crippen LogP contribution in [-0.4, -0.2) is 18.3 Å². The molecule has 4 heteroatoms. The predicted molar refractivity (Wildman–Crippen MR) is 68.2 cm³/mol. The van der Waals surface area contributed by atoms with Gasteiger partial charge in [-0.05, 0) is 12.5 Å². The highest BCUT2D eigenvalue weighted by Gasteiger charge is 2.09. The van der Waals surface area contributed by atoms with Crippen LogP contribution in [0.3, 0.4) is 0 Å². The highest BCUT2D eigenvalue weighted by Crippen LogP contribution is 2.07. The van der Waals surface area contributed by atoms with Gasteiger partial charge < -0.3 is 4.74 Å². The maximum atomic E-state index is 11.3. The molecule has 0 spiro atoms. The van der Waals surface area contributed by atoms with Crippen LogP contribution in [-0.2, 0) is 9.53 Å². The average Bonchev–Trinajstić information content (AvgIpc) is 2.27. The number of rotatable bonds is 4. The van der Waals surface area contributed by atoms with E-state index in [1.54, 1.807) is 6.92 Å². The van der Waals surface area contributed by atoms with E-state index in [0.29, 0.717) is 6.61 Å². The molecule has 0 saturated heterocycles. The third kappa shape index (κ3) is 3.99. The first-order valence-electron chi connectivity index (χ1n) is 4.66. The number of carbonyl (C=O) groups excluding carboxylic acids is 1. The van der Waals surface area contributed by atoms with E-state index in [1.165, 1.54) is 0 Å². The lowest BCUT2D eigenvalue weighted by atomic mass is 10.1. The van der Waals surface area contributed by atoms with Crippen LogP contribution in [0.5, 0.6) is 0 Å². The van der Waals surface area contributed by atoms with Crippen LogP contribution in [0, 0.1) is 0 Å². The minimum absolute atomic E-state index is 0.223. The molecule has 1 aromatic rings. The fraction of sp³-hybridized carbons (Fsp3) is 0.273. The lowest BCUT2D eigenvalue weighted by Crippen LogP contribution is -2.11. The van der Waals surface area contributed by atoms with Gasteiger partial charge >= 0.3 is 5.97 Å². The molecule has 0 unspecified atom stereocenters. The van der Waals surface area contributed by atoms with Gasteiger partial charge in [-0.2, -0.15) is 0 Å². The molecule has 0 saturated carbocycles. The number of nitrogens with zero attached hydrogens (tertiary/aromatic N) is 1. The Balaban J connectivity index is 2.70. The predicted octanol–water partition coefficient (Wildman–Crippen LogP) is 2.78. The molecule has 0 amide bonds. The van der Waals surface area contributed by atoms with Gasteiger partial charge in [-0.1, -0.05) is 30.3 Å². The highest BCUT2D eigenvalue weighted by atomic mass is 127. The molecule has 80 valence electrons. The third-order valence-corrected chi connectivity index (χ3v) is 2.41. The van der Waals surface area contributed by atoms with E-state index in [1.807, 2.05) is 53.2 Å². The number of ether oxygens (including phenoxy) is 1. The zero-order valence-electron chi connectivity index (χ0n) is 8.44. The molecule has 0 fully saturated rings. The summed E-state index contributed by atoms with van der Waals surface area (Å²) in [6.07, 6.45) is 0.223. The first-order chi connectivity index (χ1) is 7.27. The molecule has 0 heterocycles. The quantitative estimate of drug-likeness (QED) is 0.487. The highest BCUT2D eigenvalue weighted by molar-refractivity contribution is 14.1. The summed E-state index contributed by atoms with van der Waals surface area (Å²) in [4.78, 5) is 11.3. The van der Waals surface area contributed by atoms with Gasteiger partial charge in [-0.25, -0.2) is 3.21 Å². The Hall–Kier alpha value is -0.910. The molecule has 0 aromatic heterocycles. The second-order valence-electron chi connectivity index (χ2n) is 2.88. The smallest absolute Gasteiger partial charge is 0.311 e. The number of hydrogen-bond acceptors (Lipinski definition) is 3. The number of halogens is 1. The van der Waals surface area contributed by atoms with Crippen molar-refractivity contribution >= 4 is 34.5 Å². The van der Waals surface area contributed by atoms with Crippen molar-refractivity contribution < 1.29 is 9.53 Å². The lowest BCUT2D eigenvalue weighted by molar-refractivity contribution is -0.141. The summed E-state index contributed by atoms with van der Waals surface area (Å²) in [5, 5.41) is 0. The maximum absolute atomic E-state index is 11.3. The van der Waals surface area contributed by atoms with Crippen LogP contribution in [0.1, 0.15) is 18.9 Å². The molecule has 0 atom stereocenters. The van der Waals surface area contributed by atoms with Crippen molar-refractivity contribution in [2.45, 2.75) is 13.3 Å². The van der Waals surface area contributed by atoms with Crippen molar-refractivity contribution in [2.75, 3.05) is 6.61 Å². The van der Waals surface area contributed by atoms with E-state index in [2.05, 4.69) is 3.21 Å². The fourth-order valence-corrected chi connectivity index (χ4v) is 1.61. The van der Waals surface area contributed by atoms with Crippen molar-refractivity contribution in [3.05, 3.63) is 35.9 Å². The summed E-state index contributed by atoms with van der Waals surface area (Å²) >= 11 is 1.89. The van der Waals surface area contributed by atoms with Gasteiger partial charge in [0.05, 0.1) is 41.6 Å². The van der Waals surface area contributed by atoms with Crippen LogP contribution in [0.4, 0.5) is 0 Å². The summed E-state index contributed by atoms with van der Waals surface area (Å²) < 4.78 is 8.94. The molecule has 0 aliphatic heterocycles. The molecule has 0 bridgehead atoms. The number of benzene rings is 1. The van der Waals surface area contributed by atoms with E-state index in [4.69, 9.17) is 4.74 Å². The van der Waals surface area contributed by atoms with Gasteiger partial charge in [0, 0.05) is 0 Å². The van der Waals surface area contributed by atoms with E-state index < -0.39 is 0 Å². The lowest BCUT2D eigenvalue weighted by Gasteiger charge is -2.04. The summed E-state index contributed by atoms with van der Waals surface area (Å²) in [6, 6.07) is 9.62. The van der Waals surface area contributed by atoms with Crippen molar-refractivity contribution in [1.82, 2.24) is 0 Å². The zero-order valence-corrected chi connectivity index (χ0v) is 10.6. The van der Waals surface area contributed by atoms with Crippen molar-refractivity contribution in [1.29, 1.82) is 0 Å². The van der Waals surface area contributed by atoms with Crippen molar-refractivity contribution in [2.24, 2.45) is 3.21 Å². The normalized spacial score (nSPS) is 11.2. The molecule has 0 aliphatic rings. The molecular formula is C11H12INO2. The second-order valence-corrected chi connectivity index (χ2v) is 3.36. The van der Waals surface area contributed by atoms with Gasteiger partial charge in [-0.3, -0.25) is 4.79 Å². The summed E-state index contributed by atoms with van der Waals surface area (Å²) in [5.41, 5.74) is 1.70. The molecule has 15 heavy (non-hydrogen) atoms. The first kappa shape index (κ1) is 12.2. The van der Waals surface area contributed by atoms with Crippen molar-refractivity contribution in [3.63, 3.8) is 0 Å². The second kappa shape index (κ2) is 6.55. The number of hydrogen-bond donors (Lipinski definition) is 0. The third-order valence-electron chi connectivity index (χ3n) is 1.83. The molecule has 0 radical (unpaired) electrons. The standard InChI is InChI=1S/C11H12INO2/c1-2-15-11(14)8-10(13-12)9-6-4-3-5-7-9/h3-7H,2,8H2,1H3. The van der Waals surface area contributed by atoms with Gasteiger partial charge in [0.15, 0.2) is 0 Å². The fourth-order valence-electron chi connectivity index (χ4n) is 1.16. The monoisotopic (exact) mass is 317 g/mol. The Morgan fingerprint density at radius 1 is 1.40 bits per heavy atom. The van der Waals surface area contributed by atoms with Gasteiger partial charge in [0.2, 0.25) is 0 Å².